The first-order valence-electron chi connectivity index (χ1n) is 11.2. The Balaban J connectivity index is 1.53. The molecule has 0 fully saturated rings. The maximum Gasteiger partial charge on any atom is 0.268 e. The topological polar surface area (TPSA) is 55.4 Å². The van der Waals surface area contributed by atoms with Crippen molar-refractivity contribution in [2.45, 2.75) is 24.7 Å². The Labute approximate surface area is 205 Å². The molecule has 0 radical (unpaired) electrons. The van der Waals surface area contributed by atoms with E-state index in [0.717, 1.165) is 52.9 Å². The highest BCUT2D eigenvalue weighted by atomic mass is 32.2. The third kappa shape index (κ3) is 3.58. The van der Waals surface area contributed by atoms with E-state index in [1.807, 2.05) is 42.5 Å². The highest BCUT2D eigenvalue weighted by molar-refractivity contribution is 7.99. The third-order valence-electron chi connectivity index (χ3n) is 6.15. The van der Waals surface area contributed by atoms with Crippen LogP contribution in [0.1, 0.15) is 16.0 Å². The van der Waals surface area contributed by atoms with Crippen LogP contribution in [0.2, 0.25) is 0 Å². The summed E-state index contributed by atoms with van der Waals surface area (Å²) in [5.41, 5.74) is 3.26. The number of nitrogens with zero attached hydrogens (tertiary/aromatic N) is 5. The first kappa shape index (κ1) is 21.3. The van der Waals surface area contributed by atoms with Gasteiger partial charge in [-0.15, -0.1) is 28.1 Å². The van der Waals surface area contributed by atoms with Gasteiger partial charge in [-0.25, -0.2) is 8.97 Å². The molecule has 0 bridgehead atoms. The van der Waals surface area contributed by atoms with Gasteiger partial charge in [-0.1, -0.05) is 66.4 Å². The summed E-state index contributed by atoms with van der Waals surface area (Å²) in [6.45, 7) is 6.52. The van der Waals surface area contributed by atoms with E-state index in [-0.39, 0.29) is 5.56 Å². The molecule has 0 saturated carbocycles. The van der Waals surface area contributed by atoms with E-state index in [0.29, 0.717) is 5.78 Å². The van der Waals surface area contributed by atoms with Crippen molar-refractivity contribution in [2.75, 3.05) is 12.3 Å². The van der Waals surface area contributed by atoms with E-state index in [4.69, 9.17) is 0 Å². The standard InChI is InChI=1S/C26H23N5OS2/c1-2-15-33-26-28-27-25-30(19-11-7-4-8-12-19)23(32)22-20-13-14-29(16-18-9-5-3-6-10-18)17-21(20)34-24(22)31(25)26/h2-12H,1,13-17H2. The van der Waals surface area contributed by atoms with Gasteiger partial charge >= 0.3 is 0 Å². The molecule has 6 nitrogen and oxygen atoms in total. The lowest BCUT2D eigenvalue weighted by atomic mass is 10.0. The maximum absolute atomic E-state index is 13.9. The molecule has 0 unspecified atom stereocenters. The number of aromatic nitrogens is 4. The smallest absolute Gasteiger partial charge is 0.268 e. The molecule has 1 aliphatic heterocycles. The molecule has 0 spiro atoms. The Morgan fingerprint density at radius 1 is 1.06 bits per heavy atom. The minimum atomic E-state index is -0.0182. The van der Waals surface area contributed by atoms with Gasteiger partial charge in [0.2, 0.25) is 5.78 Å². The summed E-state index contributed by atoms with van der Waals surface area (Å²) in [5.74, 6) is 1.28. The van der Waals surface area contributed by atoms with Crippen molar-refractivity contribution < 1.29 is 0 Å². The summed E-state index contributed by atoms with van der Waals surface area (Å²) in [5, 5.41) is 10.5. The third-order valence-corrected chi connectivity index (χ3v) is 8.27. The van der Waals surface area contributed by atoms with Crippen LogP contribution in [0.4, 0.5) is 0 Å². The molecule has 0 aliphatic carbocycles. The van der Waals surface area contributed by atoms with Gasteiger partial charge in [0.05, 0.1) is 11.1 Å². The van der Waals surface area contributed by atoms with E-state index < -0.39 is 0 Å². The van der Waals surface area contributed by atoms with Crippen molar-refractivity contribution in [2.24, 2.45) is 0 Å². The van der Waals surface area contributed by atoms with Gasteiger partial charge in [-0.3, -0.25) is 9.69 Å². The average Bonchev–Trinajstić information content (AvgIpc) is 3.45. The van der Waals surface area contributed by atoms with Crippen molar-refractivity contribution in [3.8, 4) is 5.69 Å². The van der Waals surface area contributed by atoms with Gasteiger partial charge in [-0.05, 0) is 29.7 Å². The molecule has 3 aromatic heterocycles. The van der Waals surface area contributed by atoms with Crippen LogP contribution in [-0.2, 0) is 19.5 Å². The molecule has 0 atom stereocenters. The molecule has 170 valence electrons. The van der Waals surface area contributed by atoms with Crippen LogP contribution < -0.4 is 5.56 Å². The zero-order chi connectivity index (χ0) is 23.1. The number of hydrogen-bond acceptors (Lipinski definition) is 6. The minimum absolute atomic E-state index is 0.0182. The van der Waals surface area contributed by atoms with E-state index in [1.54, 1.807) is 27.7 Å². The highest BCUT2D eigenvalue weighted by Gasteiger charge is 2.27. The Bertz CT molecular complexity index is 1550. The number of hydrogen-bond donors (Lipinski definition) is 0. The second-order valence-electron chi connectivity index (χ2n) is 8.32. The monoisotopic (exact) mass is 485 g/mol. The van der Waals surface area contributed by atoms with Crippen molar-refractivity contribution in [1.82, 2.24) is 24.1 Å². The Morgan fingerprint density at radius 2 is 1.82 bits per heavy atom. The lowest BCUT2D eigenvalue weighted by molar-refractivity contribution is 0.249. The Morgan fingerprint density at radius 3 is 2.59 bits per heavy atom. The van der Waals surface area contributed by atoms with E-state index in [1.165, 1.54) is 16.0 Å². The molecule has 1 aliphatic rings. The van der Waals surface area contributed by atoms with Gasteiger partial charge < -0.3 is 0 Å². The van der Waals surface area contributed by atoms with Crippen molar-refractivity contribution >= 4 is 39.1 Å². The van der Waals surface area contributed by atoms with Gasteiger partial charge in [0.15, 0.2) is 5.16 Å². The molecule has 0 N–H and O–H groups in total. The fourth-order valence-corrected chi connectivity index (χ4v) is 6.73. The fraction of sp³-hybridized carbons (Fsp3) is 0.192. The lowest BCUT2D eigenvalue weighted by Crippen LogP contribution is -2.30. The molecule has 5 aromatic rings. The largest absolute Gasteiger partial charge is 0.294 e. The van der Waals surface area contributed by atoms with Crippen LogP contribution in [0.5, 0.6) is 0 Å². The van der Waals surface area contributed by atoms with Crippen LogP contribution in [0.25, 0.3) is 21.7 Å². The number of rotatable bonds is 6. The summed E-state index contributed by atoms with van der Waals surface area (Å²) in [7, 11) is 0. The van der Waals surface area contributed by atoms with Gasteiger partial charge in [0.1, 0.15) is 4.83 Å². The van der Waals surface area contributed by atoms with Crippen molar-refractivity contribution in [1.29, 1.82) is 0 Å². The number of thioether (sulfide) groups is 1. The van der Waals surface area contributed by atoms with Crippen molar-refractivity contribution in [3.05, 3.63) is 99.7 Å². The molecule has 34 heavy (non-hydrogen) atoms. The fourth-order valence-electron chi connectivity index (χ4n) is 4.62. The number of fused-ring (bicyclic) bond motifs is 5. The SMILES string of the molecule is C=CCSc1nnc2n(-c3ccccc3)c(=O)c3c4c(sc3n12)CN(Cc1ccccc1)CC4. The summed E-state index contributed by atoms with van der Waals surface area (Å²) in [4.78, 5) is 18.6. The van der Waals surface area contributed by atoms with Gasteiger partial charge in [-0.2, -0.15) is 0 Å². The molecular weight excluding hydrogens is 462 g/mol. The van der Waals surface area contributed by atoms with Crippen LogP contribution in [0.15, 0.2) is 83.3 Å². The Kier molecular flexibility index (Phi) is 5.57. The average molecular weight is 486 g/mol. The van der Waals surface area contributed by atoms with Gasteiger partial charge in [0.25, 0.3) is 5.56 Å². The normalized spacial score (nSPS) is 14.0. The minimum Gasteiger partial charge on any atom is -0.294 e. The second kappa shape index (κ2) is 8.87. The van der Waals surface area contributed by atoms with Gasteiger partial charge in [0, 0.05) is 30.3 Å². The first-order valence-corrected chi connectivity index (χ1v) is 13.0. The summed E-state index contributed by atoms with van der Waals surface area (Å²) in [6.07, 6.45) is 2.71. The molecule has 0 amide bonds. The Hall–Kier alpha value is -3.20. The molecule has 8 heteroatoms. The summed E-state index contributed by atoms with van der Waals surface area (Å²) in [6, 6.07) is 20.3. The molecule has 4 heterocycles. The summed E-state index contributed by atoms with van der Waals surface area (Å²) < 4.78 is 3.76. The molecule has 2 aromatic carbocycles. The van der Waals surface area contributed by atoms with E-state index in [9.17, 15) is 4.79 Å². The van der Waals surface area contributed by atoms with Crippen LogP contribution >= 0.6 is 23.1 Å². The highest BCUT2D eigenvalue weighted by Crippen LogP contribution is 2.36. The number of para-hydroxylation sites is 1. The molecule has 0 saturated heterocycles. The number of benzene rings is 2. The van der Waals surface area contributed by atoms with E-state index in [2.05, 4.69) is 50.3 Å². The van der Waals surface area contributed by atoms with Crippen LogP contribution in [0.3, 0.4) is 0 Å². The number of thiophene rings is 1. The summed E-state index contributed by atoms with van der Waals surface area (Å²) >= 11 is 3.28. The zero-order valence-electron chi connectivity index (χ0n) is 18.6. The van der Waals surface area contributed by atoms with Crippen LogP contribution in [-0.4, -0.2) is 36.4 Å². The molecular formula is C26H23N5OS2. The predicted molar refractivity (Wildman–Crippen MR) is 139 cm³/mol. The zero-order valence-corrected chi connectivity index (χ0v) is 20.2. The quantitative estimate of drug-likeness (QED) is 0.252. The predicted octanol–water partition coefficient (Wildman–Crippen LogP) is 4.93. The first-order chi connectivity index (χ1) is 16.7. The maximum atomic E-state index is 13.9. The molecule has 6 rings (SSSR count). The van der Waals surface area contributed by atoms with Crippen molar-refractivity contribution in [3.63, 3.8) is 0 Å². The lowest BCUT2D eigenvalue weighted by Gasteiger charge is -2.26. The van der Waals surface area contributed by atoms with E-state index >= 15 is 0 Å². The second-order valence-corrected chi connectivity index (χ2v) is 10.4. The van der Waals surface area contributed by atoms with Crippen LogP contribution in [0, 0.1) is 0 Å².